The Bertz CT molecular complexity index is 2300. The molecule has 4 aromatic heterocycles. The first-order valence-electron chi connectivity index (χ1n) is 15.6. The van der Waals surface area contributed by atoms with Crippen LogP contribution in [-0.4, -0.2) is 74.4 Å². The lowest BCUT2D eigenvalue weighted by Gasteiger charge is -2.37. The van der Waals surface area contributed by atoms with Crippen LogP contribution in [0.1, 0.15) is 46.6 Å². The number of carbonyl (C=O) groups is 1. The molecule has 0 unspecified atom stereocenters. The van der Waals surface area contributed by atoms with Gasteiger partial charge in [-0.15, -0.1) is 11.3 Å². The fourth-order valence-corrected chi connectivity index (χ4v) is 7.42. The van der Waals surface area contributed by atoms with E-state index in [4.69, 9.17) is 11.6 Å². The molecule has 0 amide bonds. The summed E-state index contributed by atoms with van der Waals surface area (Å²) in [5.74, 6) is 5.79. The summed E-state index contributed by atoms with van der Waals surface area (Å²) in [5.41, 5.74) is 2.34. The van der Waals surface area contributed by atoms with Crippen LogP contribution in [0.3, 0.4) is 0 Å². The van der Waals surface area contributed by atoms with E-state index in [-0.39, 0.29) is 41.2 Å². The molecule has 1 aliphatic rings. The number of pyridine rings is 2. The average molecular weight is 720 g/mol. The fraction of sp³-hybridized carbons (Fsp3) is 0.314. The van der Waals surface area contributed by atoms with E-state index in [0.29, 0.717) is 63.9 Å². The number of carboxylic acid groups (broad SMARTS) is 1. The van der Waals surface area contributed by atoms with Gasteiger partial charge in [0, 0.05) is 66.0 Å². The lowest BCUT2D eigenvalue weighted by atomic mass is 10.00. The summed E-state index contributed by atoms with van der Waals surface area (Å²) in [7, 11) is 1.77. The SMILES string of the molecule is Cc1nc2cnc(N(C)C3CCN(CCC(F)(F)F)CC3)c(C#N)c2c(=O)n1CC#Cc1ccc(Cl)cc1-c1ccnc2c(C(=O)O)csc12. The van der Waals surface area contributed by atoms with E-state index in [1.54, 1.807) is 48.5 Å². The molecular weight excluding hydrogens is 691 g/mol. The number of aryl methyl sites for hydroxylation is 1. The summed E-state index contributed by atoms with van der Waals surface area (Å²) < 4.78 is 40.2. The van der Waals surface area contributed by atoms with Crippen molar-refractivity contribution in [3.8, 4) is 29.0 Å². The highest BCUT2D eigenvalue weighted by Crippen LogP contribution is 2.36. The summed E-state index contributed by atoms with van der Waals surface area (Å²) in [6, 6.07) is 9.02. The number of rotatable bonds is 7. The van der Waals surface area contributed by atoms with Gasteiger partial charge in [-0.05, 0) is 44.0 Å². The zero-order chi connectivity index (χ0) is 35.7. The van der Waals surface area contributed by atoms with E-state index in [2.05, 4.69) is 32.9 Å². The van der Waals surface area contributed by atoms with Crippen molar-refractivity contribution in [3.05, 3.63) is 79.9 Å². The van der Waals surface area contributed by atoms with Crippen LogP contribution in [0.2, 0.25) is 5.02 Å². The highest BCUT2D eigenvalue weighted by Gasteiger charge is 2.31. The Kier molecular flexibility index (Phi) is 9.80. The van der Waals surface area contributed by atoms with E-state index in [1.807, 2.05) is 4.90 Å². The van der Waals surface area contributed by atoms with E-state index in [0.717, 1.165) is 5.56 Å². The first-order valence-corrected chi connectivity index (χ1v) is 16.8. The molecule has 0 radical (unpaired) electrons. The van der Waals surface area contributed by atoms with Gasteiger partial charge in [0.25, 0.3) is 5.56 Å². The zero-order valence-electron chi connectivity index (χ0n) is 26.9. The Morgan fingerprint density at radius 1 is 1.20 bits per heavy atom. The van der Waals surface area contributed by atoms with E-state index in [9.17, 15) is 33.1 Å². The van der Waals surface area contributed by atoms with Gasteiger partial charge in [-0.3, -0.25) is 14.3 Å². The third-order valence-electron chi connectivity index (χ3n) is 8.85. The normalized spacial score (nSPS) is 14.0. The summed E-state index contributed by atoms with van der Waals surface area (Å²) in [5, 5.41) is 21.9. The molecule has 0 saturated carbocycles. The largest absolute Gasteiger partial charge is 0.478 e. The van der Waals surface area contributed by atoms with Gasteiger partial charge >= 0.3 is 12.1 Å². The maximum atomic E-state index is 13.9. The average Bonchev–Trinajstić information content (AvgIpc) is 3.53. The Hall–Kier alpha value is -5.02. The van der Waals surface area contributed by atoms with Crippen LogP contribution in [0.5, 0.6) is 0 Å². The number of halogens is 4. The number of benzene rings is 1. The Labute approximate surface area is 293 Å². The van der Waals surface area contributed by atoms with Crippen LogP contribution in [0.15, 0.2) is 46.8 Å². The Balaban J connectivity index is 1.30. The van der Waals surface area contributed by atoms with E-state index >= 15 is 0 Å². The topological polar surface area (TPSA) is 128 Å². The number of nitrogens with zero attached hydrogens (tertiary/aromatic N) is 7. The van der Waals surface area contributed by atoms with Crippen molar-refractivity contribution in [2.24, 2.45) is 0 Å². The van der Waals surface area contributed by atoms with Crippen LogP contribution in [0.4, 0.5) is 19.0 Å². The van der Waals surface area contributed by atoms with E-state index < -0.39 is 24.1 Å². The number of aromatic nitrogens is 4. The van der Waals surface area contributed by atoms with E-state index in [1.165, 1.54) is 28.3 Å². The summed E-state index contributed by atoms with van der Waals surface area (Å²) >= 11 is 7.62. The molecule has 10 nitrogen and oxygen atoms in total. The summed E-state index contributed by atoms with van der Waals surface area (Å²) in [6.07, 6.45) is -0.915. The number of thiophene rings is 1. The minimum atomic E-state index is -4.21. The first kappa shape index (κ1) is 34.8. The van der Waals surface area contributed by atoms with Crippen molar-refractivity contribution in [3.63, 3.8) is 0 Å². The first-order chi connectivity index (χ1) is 23.9. The monoisotopic (exact) mass is 719 g/mol. The number of nitriles is 1. The van der Waals surface area contributed by atoms with Crippen LogP contribution in [0.25, 0.3) is 32.2 Å². The van der Waals surface area contributed by atoms with Gasteiger partial charge in [0.2, 0.25) is 0 Å². The molecule has 15 heteroatoms. The van der Waals surface area contributed by atoms with Gasteiger partial charge in [-0.25, -0.2) is 14.8 Å². The molecule has 0 atom stereocenters. The van der Waals surface area contributed by atoms with Crippen molar-refractivity contribution in [1.82, 2.24) is 24.4 Å². The zero-order valence-corrected chi connectivity index (χ0v) is 28.5. The number of aromatic carboxylic acids is 1. The van der Waals surface area contributed by atoms with Gasteiger partial charge in [-0.2, -0.15) is 18.4 Å². The van der Waals surface area contributed by atoms with Crippen molar-refractivity contribution < 1.29 is 23.1 Å². The second-order valence-corrected chi connectivity index (χ2v) is 13.2. The smallest absolute Gasteiger partial charge is 0.390 e. The Morgan fingerprint density at radius 3 is 2.66 bits per heavy atom. The fourth-order valence-electron chi connectivity index (χ4n) is 6.22. The molecule has 256 valence electrons. The lowest BCUT2D eigenvalue weighted by molar-refractivity contribution is -0.138. The third kappa shape index (κ3) is 7.01. The molecule has 0 bridgehead atoms. The number of hydrogen-bond donors (Lipinski definition) is 1. The van der Waals surface area contributed by atoms with Gasteiger partial charge in [0.05, 0.1) is 45.8 Å². The molecule has 1 N–H and O–H groups in total. The predicted octanol–water partition coefficient (Wildman–Crippen LogP) is 6.50. The standard InChI is InChI=1S/C35H29ClF3N7O3S/c1-20-43-28-18-42-32(44(2)23-8-13-45(14-9-23)15-10-35(37,38)39)26(17-40)29(28)33(47)46(20)12-3-4-21-5-6-22(36)16-25(21)24-7-11-41-30-27(34(48)49)19-50-31(24)30/h5-7,11,16,18-19,23H,8-10,12-15H2,1-2H3,(H,48,49). The number of hydrogen-bond acceptors (Lipinski definition) is 9. The maximum Gasteiger partial charge on any atom is 0.390 e. The predicted molar refractivity (Wildman–Crippen MR) is 186 cm³/mol. The molecular formula is C35H29ClF3N7O3S. The molecule has 1 saturated heterocycles. The van der Waals surface area contributed by atoms with Gasteiger partial charge in [0.1, 0.15) is 23.3 Å². The van der Waals surface area contributed by atoms with Crippen molar-refractivity contribution >= 4 is 55.8 Å². The van der Waals surface area contributed by atoms with Crippen LogP contribution in [-0.2, 0) is 6.54 Å². The highest BCUT2D eigenvalue weighted by molar-refractivity contribution is 7.18. The number of alkyl halides is 3. The van der Waals surface area contributed by atoms with Crippen molar-refractivity contribution in [2.45, 2.75) is 44.9 Å². The quantitative estimate of drug-likeness (QED) is 0.187. The molecule has 0 spiro atoms. The molecule has 50 heavy (non-hydrogen) atoms. The minimum Gasteiger partial charge on any atom is -0.478 e. The second-order valence-electron chi connectivity index (χ2n) is 11.9. The summed E-state index contributed by atoms with van der Waals surface area (Å²) in [6.45, 7) is 2.52. The summed E-state index contributed by atoms with van der Waals surface area (Å²) in [4.78, 5) is 42.6. The van der Waals surface area contributed by atoms with Gasteiger partial charge in [0.15, 0.2) is 0 Å². The van der Waals surface area contributed by atoms with Gasteiger partial charge in [-0.1, -0.05) is 23.4 Å². The van der Waals surface area contributed by atoms with Crippen molar-refractivity contribution in [1.29, 1.82) is 5.26 Å². The van der Waals surface area contributed by atoms with Gasteiger partial charge < -0.3 is 14.9 Å². The van der Waals surface area contributed by atoms with Crippen molar-refractivity contribution in [2.75, 3.05) is 31.6 Å². The van der Waals surface area contributed by atoms with Crippen LogP contribution < -0.4 is 10.5 Å². The number of fused-ring (bicyclic) bond motifs is 2. The number of carboxylic acids is 1. The van der Waals surface area contributed by atoms with Crippen LogP contribution in [0, 0.1) is 30.1 Å². The molecule has 1 aromatic carbocycles. The molecule has 6 rings (SSSR count). The third-order valence-corrected chi connectivity index (χ3v) is 10.1. The second kappa shape index (κ2) is 14.1. The number of likely N-dealkylation sites (tertiary alicyclic amines) is 1. The molecule has 5 aromatic rings. The Morgan fingerprint density at radius 2 is 1.96 bits per heavy atom. The maximum absolute atomic E-state index is 13.9. The lowest BCUT2D eigenvalue weighted by Crippen LogP contribution is -2.44. The molecule has 0 aliphatic carbocycles. The molecule has 1 aliphatic heterocycles. The number of piperidine rings is 1. The number of anilines is 1. The van der Waals surface area contributed by atoms with Crippen LogP contribution >= 0.6 is 22.9 Å². The molecule has 1 fully saturated rings. The minimum absolute atomic E-state index is 0.0433. The highest BCUT2D eigenvalue weighted by atomic mass is 35.5. The molecule has 5 heterocycles.